The van der Waals surface area contributed by atoms with Crippen molar-refractivity contribution in [1.82, 2.24) is 10.2 Å². The Kier molecular flexibility index (Phi) is 3.82. The van der Waals surface area contributed by atoms with E-state index in [-0.39, 0.29) is 6.79 Å². The van der Waals surface area contributed by atoms with Gasteiger partial charge in [-0.25, -0.2) is 0 Å². The second-order valence-corrected chi connectivity index (χ2v) is 5.46. The maximum atomic E-state index is 6.24. The lowest BCUT2D eigenvalue weighted by Gasteiger charge is -2.27. The molecule has 1 aromatic rings. The molecule has 1 N–H and O–H groups in total. The fraction of sp³-hybridized carbons (Fsp3) is 0.571. The molecule has 2 aliphatic heterocycles. The van der Waals surface area contributed by atoms with E-state index in [0.29, 0.717) is 10.8 Å². The Morgan fingerprint density at radius 2 is 2.00 bits per heavy atom. The fourth-order valence-corrected chi connectivity index (χ4v) is 2.95. The molecule has 0 aliphatic carbocycles. The van der Waals surface area contributed by atoms with Crippen LogP contribution in [0.1, 0.15) is 11.1 Å². The predicted molar refractivity (Wildman–Crippen MR) is 75.3 cm³/mol. The van der Waals surface area contributed by atoms with Crippen molar-refractivity contribution in [3.8, 4) is 11.5 Å². The number of nitrogens with one attached hydrogen (secondary N) is 1. The van der Waals surface area contributed by atoms with Crippen molar-refractivity contribution in [3.63, 3.8) is 0 Å². The fourth-order valence-electron chi connectivity index (χ4n) is 2.68. The monoisotopic (exact) mass is 282 g/mol. The molecule has 1 fully saturated rings. The number of piperazine rings is 1. The zero-order valence-corrected chi connectivity index (χ0v) is 11.9. The minimum Gasteiger partial charge on any atom is -0.453 e. The van der Waals surface area contributed by atoms with Crippen LogP contribution in [0.4, 0.5) is 0 Å². The molecule has 104 valence electrons. The van der Waals surface area contributed by atoms with Gasteiger partial charge < -0.3 is 19.7 Å². The van der Waals surface area contributed by atoms with Gasteiger partial charge in [0.15, 0.2) is 11.5 Å². The summed E-state index contributed by atoms with van der Waals surface area (Å²) in [4.78, 5) is 2.48. The highest BCUT2D eigenvalue weighted by atomic mass is 35.5. The number of hydrogen-bond donors (Lipinski definition) is 1. The molecule has 1 saturated heterocycles. The van der Waals surface area contributed by atoms with Crippen molar-refractivity contribution in [2.75, 3.05) is 39.5 Å². The van der Waals surface area contributed by atoms with Crippen LogP contribution in [0.5, 0.6) is 11.5 Å². The number of fused-ring (bicyclic) bond motifs is 1. The van der Waals surface area contributed by atoms with Crippen LogP contribution in [-0.2, 0) is 6.42 Å². The summed E-state index contributed by atoms with van der Waals surface area (Å²) in [6.07, 6.45) is 1.00. The highest BCUT2D eigenvalue weighted by Gasteiger charge is 2.22. The van der Waals surface area contributed by atoms with E-state index in [2.05, 4.69) is 17.1 Å². The van der Waals surface area contributed by atoms with Crippen molar-refractivity contribution in [3.05, 3.63) is 22.2 Å². The molecule has 4 nitrogen and oxygen atoms in total. The molecule has 5 heteroatoms. The Hall–Kier alpha value is -0.970. The quantitative estimate of drug-likeness (QED) is 0.917. The summed E-state index contributed by atoms with van der Waals surface area (Å²) in [5, 5.41) is 4.03. The van der Waals surface area contributed by atoms with Gasteiger partial charge in [0.1, 0.15) is 0 Å². The topological polar surface area (TPSA) is 33.7 Å². The van der Waals surface area contributed by atoms with Gasteiger partial charge in [0.2, 0.25) is 6.79 Å². The molecule has 1 aromatic carbocycles. The van der Waals surface area contributed by atoms with Crippen LogP contribution < -0.4 is 14.8 Å². The third kappa shape index (κ3) is 2.66. The summed E-state index contributed by atoms with van der Waals surface area (Å²) in [5.41, 5.74) is 2.42. The lowest BCUT2D eigenvalue weighted by Crippen LogP contribution is -2.44. The number of nitrogens with zero attached hydrogens (tertiary/aromatic N) is 1. The average Bonchev–Trinajstić information content (AvgIpc) is 2.92. The first-order valence-corrected chi connectivity index (χ1v) is 7.14. The molecule has 19 heavy (non-hydrogen) atoms. The van der Waals surface area contributed by atoms with E-state index >= 15 is 0 Å². The lowest BCUT2D eigenvalue weighted by molar-refractivity contribution is 0.173. The van der Waals surface area contributed by atoms with Crippen molar-refractivity contribution >= 4 is 11.6 Å². The predicted octanol–water partition coefficient (Wildman–Crippen LogP) is 1.82. The van der Waals surface area contributed by atoms with E-state index in [0.717, 1.165) is 50.5 Å². The summed E-state index contributed by atoms with van der Waals surface area (Å²) in [7, 11) is 0. The number of halogens is 1. The lowest BCUT2D eigenvalue weighted by atomic mass is 10.0. The molecule has 0 spiro atoms. The van der Waals surface area contributed by atoms with Crippen LogP contribution in [0.2, 0.25) is 5.02 Å². The van der Waals surface area contributed by atoms with Crippen LogP contribution in [0.3, 0.4) is 0 Å². The van der Waals surface area contributed by atoms with Gasteiger partial charge >= 0.3 is 0 Å². The normalized spacial score (nSPS) is 18.8. The maximum absolute atomic E-state index is 6.24. The summed E-state index contributed by atoms with van der Waals surface area (Å²) in [5.74, 6) is 1.52. The first kappa shape index (κ1) is 13.0. The highest BCUT2D eigenvalue weighted by molar-refractivity contribution is 6.32. The van der Waals surface area contributed by atoms with Gasteiger partial charge in [-0.05, 0) is 30.5 Å². The molecular formula is C14H19ClN2O2. The molecule has 0 atom stereocenters. The van der Waals surface area contributed by atoms with E-state index in [1.807, 2.05) is 6.07 Å². The van der Waals surface area contributed by atoms with Crippen molar-refractivity contribution < 1.29 is 9.47 Å². The second-order valence-electron chi connectivity index (χ2n) is 5.05. The molecule has 0 bridgehead atoms. The van der Waals surface area contributed by atoms with E-state index in [4.69, 9.17) is 21.1 Å². The number of ether oxygens (including phenoxy) is 2. The summed E-state index contributed by atoms with van der Waals surface area (Å²) >= 11 is 6.24. The smallest absolute Gasteiger partial charge is 0.231 e. The highest BCUT2D eigenvalue weighted by Crippen LogP contribution is 2.43. The maximum Gasteiger partial charge on any atom is 0.231 e. The molecular weight excluding hydrogens is 264 g/mol. The van der Waals surface area contributed by atoms with Crippen molar-refractivity contribution in [2.45, 2.75) is 13.3 Å². The third-order valence-electron chi connectivity index (χ3n) is 3.86. The summed E-state index contributed by atoms with van der Waals surface area (Å²) in [6.45, 7) is 7.84. The van der Waals surface area contributed by atoms with Crippen molar-refractivity contribution in [1.29, 1.82) is 0 Å². The van der Waals surface area contributed by atoms with Gasteiger partial charge in [-0.2, -0.15) is 0 Å². The van der Waals surface area contributed by atoms with Crippen LogP contribution in [-0.4, -0.2) is 44.4 Å². The SMILES string of the molecule is Cc1c(CCN2CCNCC2)cc(Cl)c2c1OCO2. The molecule has 2 aliphatic rings. The summed E-state index contributed by atoms with van der Waals surface area (Å²) < 4.78 is 10.9. The summed E-state index contributed by atoms with van der Waals surface area (Å²) in [6, 6.07) is 2.02. The Balaban J connectivity index is 1.72. The number of rotatable bonds is 3. The van der Waals surface area contributed by atoms with Crippen molar-refractivity contribution in [2.24, 2.45) is 0 Å². The van der Waals surface area contributed by atoms with Gasteiger partial charge in [-0.1, -0.05) is 11.6 Å². The largest absolute Gasteiger partial charge is 0.453 e. The van der Waals surface area contributed by atoms with Gasteiger partial charge in [0.05, 0.1) is 5.02 Å². The molecule has 0 aromatic heterocycles. The van der Waals surface area contributed by atoms with Gasteiger partial charge in [-0.3, -0.25) is 0 Å². The minimum absolute atomic E-state index is 0.275. The van der Waals surface area contributed by atoms with E-state index < -0.39 is 0 Å². The Morgan fingerprint density at radius 3 is 2.79 bits per heavy atom. The minimum atomic E-state index is 0.275. The Bertz CT molecular complexity index is 473. The number of hydrogen-bond acceptors (Lipinski definition) is 4. The number of benzene rings is 1. The van der Waals surface area contributed by atoms with E-state index in [1.165, 1.54) is 5.56 Å². The first-order chi connectivity index (χ1) is 9.25. The third-order valence-corrected chi connectivity index (χ3v) is 4.14. The van der Waals surface area contributed by atoms with Gasteiger partial charge in [-0.15, -0.1) is 0 Å². The zero-order valence-electron chi connectivity index (χ0n) is 11.2. The molecule has 0 saturated carbocycles. The molecule has 3 rings (SSSR count). The Labute approximate surface area is 118 Å². The molecule has 0 unspecified atom stereocenters. The van der Waals surface area contributed by atoms with E-state index in [9.17, 15) is 0 Å². The van der Waals surface area contributed by atoms with E-state index in [1.54, 1.807) is 0 Å². The molecule has 0 amide bonds. The zero-order chi connectivity index (χ0) is 13.2. The van der Waals surface area contributed by atoms with Crippen LogP contribution >= 0.6 is 11.6 Å². The van der Waals surface area contributed by atoms with Crippen LogP contribution in [0.15, 0.2) is 6.07 Å². The molecule has 0 radical (unpaired) electrons. The molecule has 2 heterocycles. The van der Waals surface area contributed by atoms with Gasteiger partial charge in [0.25, 0.3) is 0 Å². The average molecular weight is 283 g/mol. The Morgan fingerprint density at radius 1 is 1.26 bits per heavy atom. The van der Waals surface area contributed by atoms with Crippen LogP contribution in [0, 0.1) is 6.92 Å². The first-order valence-electron chi connectivity index (χ1n) is 6.76. The van der Waals surface area contributed by atoms with Gasteiger partial charge in [0, 0.05) is 32.7 Å². The standard InChI is InChI=1S/C14H19ClN2O2/c1-10-11(2-5-17-6-3-16-4-7-17)8-12(15)14-13(10)18-9-19-14/h8,16H,2-7,9H2,1H3. The van der Waals surface area contributed by atoms with Crippen LogP contribution in [0.25, 0.3) is 0 Å². The second kappa shape index (κ2) is 5.57.